The predicted octanol–water partition coefficient (Wildman–Crippen LogP) is 8.80. The minimum Gasteiger partial charge on any atom is -0.469 e. The highest BCUT2D eigenvalue weighted by Gasteiger charge is 2.25. The average Bonchev–Trinajstić information content (AvgIpc) is 3.58. The second-order valence-corrected chi connectivity index (χ2v) is 10.4. The minimum absolute atomic E-state index is 0.525. The van der Waals surface area contributed by atoms with E-state index in [0.29, 0.717) is 19.1 Å². The van der Waals surface area contributed by atoms with E-state index in [1.165, 1.54) is 35.7 Å². The average molecular weight is 554 g/mol. The van der Waals surface area contributed by atoms with Gasteiger partial charge in [-0.1, -0.05) is 83.5 Å². The number of rotatable bonds is 10. The molecular formula is C34H32ClNO4. The Morgan fingerprint density at radius 2 is 1.30 bits per heavy atom. The molecule has 0 bridgehead atoms. The van der Waals surface area contributed by atoms with Crippen LogP contribution in [0.4, 0.5) is 0 Å². The van der Waals surface area contributed by atoms with Crippen LogP contribution in [0, 0.1) is 0 Å². The van der Waals surface area contributed by atoms with Gasteiger partial charge in [-0.3, -0.25) is 0 Å². The Balaban J connectivity index is 0.000000207. The van der Waals surface area contributed by atoms with Crippen LogP contribution < -0.4 is 0 Å². The quantitative estimate of drug-likeness (QED) is 0.107. The number of ether oxygens (including phenoxy) is 1. The molecule has 1 fully saturated rings. The molecule has 0 aliphatic heterocycles. The number of oxime groups is 1. The first-order valence-corrected chi connectivity index (χ1v) is 13.8. The van der Waals surface area contributed by atoms with Crippen molar-refractivity contribution in [3.05, 3.63) is 153 Å². The summed E-state index contributed by atoms with van der Waals surface area (Å²) < 4.78 is 17.1. The highest BCUT2D eigenvalue weighted by Crippen LogP contribution is 2.42. The lowest BCUT2D eigenvalue weighted by atomic mass is 10.0. The third-order valence-corrected chi connectivity index (χ3v) is 6.89. The van der Waals surface area contributed by atoms with Crippen molar-refractivity contribution in [3.63, 3.8) is 0 Å². The van der Waals surface area contributed by atoms with E-state index in [1.807, 2.05) is 54.6 Å². The molecule has 6 heteroatoms. The number of furan rings is 2. The van der Waals surface area contributed by atoms with E-state index in [1.54, 1.807) is 12.5 Å². The van der Waals surface area contributed by atoms with Gasteiger partial charge in [-0.2, -0.15) is 0 Å². The monoisotopic (exact) mass is 553 g/mol. The van der Waals surface area contributed by atoms with Crippen LogP contribution >= 0.6 is 11.6 Å². The molecule has 1 N–H and O–H groups in total. The summed E-state index contributed by atoms with van der Waals surface area (Å²) in [6.07, 6.45) is 9.03. The van der Waals surface area contributed by atoms with Crippen molar-refractivity contribution >= 4 is 17.8 Å². The predicted molar refractivity (Wildman–Crippen MR) is 157 cm³/mol. The Morgan fingerprint density at radius 3 is 1.80 bits per heavy atom. The van der Waals surface area contributed by atoms with E-state index in [4.69, 9.17) is 30.4 Å². The van der Waals surface area contributed by atoms with Crippen LogP contribution in [0.25, 0.3) is 0 Å². The van der Waals surface area contributed by atoms with Crippen LogP contribution in [0.3, 0.4) is 0 Å². The number of benzene rings is 3. The standard InChI is InChI=1S/C24H22O3.C10H10ClNO/c1-3-7-19(8-4-1)11-23-13-21(17-26-23)15-25-16-22-14-24(27-18-22)12-20-9-5-2-6-10-20;11-9-4-3-8(6-12-13)10(5-9)7-1-2-7/h1-10,13-14,17-18H,11-12,15-16H2;3-7,13H,1-2H2. The Kier molecular flexibility index (Phi) is 9.51. The van der Waals surface area contributed by atoms with Crippen LogP contribution in [0.2, 0.25) is 5.02 Å². The van der Waals surface area contributed by atoms with Crippen LogP contribution in [0.1, 0.15) is 63.7 Å². The molecule has 3 aromatic carbocycles. The number of halogens is 1. The van der Waals surface area contributed by atoms with E-state index in [-0.39, 0.29) is 0 Å². The summed E-state index contributed by atoms with van der Waals surface area (Å²) in [6.45, 7) is 1.05. The van der Waals surface area contributed by atoms with Gasteiger partial charge >= 0.3 is 0 Å². The van der Waals surface area contributed by atoms with Gasteiger partial charge in [0.2, 0.25) is 0 Å². The molecule has 1 aliphatic carbocycles. The summed E-state index contributed by atoms with van der Waals surface area (Å²) in [6, 6.07) is 30.4. The summed E-state index contributed by atoms with van der Waals surface area (Å²) in [5.74, 6) is 2.52. The van der Waals surface area contributed by atoms with Crippen molar-refractivity contribution in [2.75, 3.05) is 0 Å². The molecule has 0 unspecified atom stereocenters. The highest BCUT2D eigenvalue weighted by molar-refractivity contribution is 6.30. The molecule has 0 amide bonds. The van der Waals surface area contributed by atoms with Gasteiger partial charge in [0.25, 0.3) is 0 Å². The minimum atomic E-state index is 0.525. The van der Waals surface area contributed by atoms with Gasteiger partial charge in [0.15, 0.2) is 0 Å². The van der Waals surface area contributed by atoms with Gasteiger partial charge < -0.3 is 18.8 Å². The van der Waals surface area contributed by atoms with E-state index in [2.05, 4.69) is 41.6 Å². The molecule has 2 aromatic heterocycles. The first-order chi connectivity index (χ1) is 19.7. The topological polar surface area (TPSA) is 68.1 Å². The third kappa shape index (κ3) is 8.22. The molecule has 1 aliphatic rings. The molecular weight excluding hydrogens is 522 g/mol. The molecule has 204 valence electrons. The van der Waals surface area contributed by atoms with Crippen LogP contribution in [0.15, 0.2) is 118 Å². The molecule has 5 nitrogen and oxygen atoms in total. The summed E-state index contributed by atoms with van der Waals surface area (Å²) in [5.41, 5.74) is 6.75. The Hall–Kier alpha value is -4.06. The molecule has 1 saturated carbocycles. The molecule has 2 heterocycles. The lowest BCUT2D eigenvalue weighted by Crippen LogP contribution is -1.92. The maximum atomic E-state index is 8.45. The van der Waals surface area contributed by atoms with Crippen LogP contribution in [0.5, 0.6) is 0 Å². The van der Waals surface area contributed by atoms with E-state index in [9.17, 15) is 0 Å². The summed E-state index contributed by atoms with van der Waals surface area (Å²) in [5, 5.41) is 12.2. The normalized spacial score (nSPS) is 12.8. The number of nitrogens with zero attached hydrogens (tertiary/aromatic N) is 1. The summed E-state index contributed by atoms with van der Waals surface area (Å²) >= 11 is 5.88. The lowest BCUT2D eigenvalue weighted by Gasteiger charge is -2.03. The second-order valence-electron chi connectivity index (χ2n) is 9.95. The Morgan fingerprint density at radius 1 is 0.750 bits per heavy atom. The molecule has 0 saturated heterocycles. The molecule has 40 heavy (non-hydrogen) atoms. The fourth-order valence-electron chi connectivity index (χ4n) is 4.54. The van der Waals surface area contributed by atoms with E-state index >= 15 is 0 Å². The zero-order valence-electron chi connectivity index (χ0n) is 22.2. The fraction of sp³-hybridized carbons (Fsp3) is 0.206. The maximum absolute atomic E-state index is 8.45. The molecule has 0 atom stereocenters. The van der Waals surface area contributed by atoms with Crippen molar-refractivity contribution in [2.24, 2.45) is 5.16 Å². The molecule has 6 rings (SSSR count). The van der Waals surface area contributed by atoms with Crippen molar-refractivity contribution in [2.45, 2.75) is 44.8 Å². The number of hydrogen-bond donors (Lipinski definition) is 1. The van der Waals surface area contributed by atoms with E-state index in [0.717, 1.165) is 46.1 Å². The molecule has 5 aromatic rings. The second kappa shape index (κ2) is 13.8. The van der Waals surface area contributed by atoms with Crippen molar-refractivity contribution in [1.29, 1.82) is 0 Å². The largest absolute Gasteiger partial charge is 0.469 e. The highest BCUT2D eigenvalue weighted by atomic mass is 35.5. The van der Waals surface area contributed by atoms with Crippen molar-refractivity contribution in [1.82, 2.24) is 0 Å². The first-order valence-electron chi connectivity index (χ1n) is 13.4. The van der Waals surface area contributed by atoms with Gasteiger partial charge in [-0.05, 0) is 65.3 Å². The van der Waals surface area contributed by atoms with Crippen molar-refractivity contribution < 1.29 is 18.8 Å². The van der Waals surface area contributed by atoms with Gasteiger partial charge in [-0.25, -0.2) is 0 Å². The first kappa shape index (κ1) is 27.5. The SMILES string of the molecule is ON=Cc1ccc(Cl)cc1C1CC1.c1ccc(Cc2cc(COCc3coc(Cc4ccccc4)c3)co2)cc1. The van der Waals surface area contributed by atoms with Crippen LogP contribution in [-0.4, -0.2) is 11.4 Å². The maximum Gasteiger partial charge on any atom is 0.108 e. The fourth-order valence-corrected chi connectivity index (χ4v) is 4.72. The third-order valence-electron chi connectivity index (χ3n) is 6.66. The summed E-state index contributed by atoms with van der Waals surface area (Å²) in [4.78, 5) is 0. The lowest BCUT2D eigenvalue weighted by molar-refractivity contribution is 0.106. The van der Waals surface area contributed by atoms with Gasteiger partial charge in [-0.15, -0.1) is 0 Å². The molecule has 0 spiro atoms. The molecule has 0 radical (unpaired) electrons. The number of hydrogen-bond acceptors (Lipinski definition) is 5. The van der Waals surface area contributed by atoms with Gasteiger partial charge in [0, 0.05) is 29.0 Å². The van der Waals surface area contributed by atoms with Gasteiger partial charge in [0.05, 0.1) is 32.0 Å². The van der Waals surface area contributed by atoms with Crippen molar-refractivity contribution in [3.8, 4) is 0 Å². The van der Waals surface area contributed by atoms with Crippen LogP contribution in [-0.2, 0) is 30.8 Å². The Bertz CT molecular complexity index is 1420. The van der Waals surface area contributed by atoms with E-state index < -0.39 is 0 Å². The zero-order chi connectivity index (χ0) is 27.6. The summed E-state index contributed by atoms with van der Waals surface area (Å²) in [7, 11) is 0. The zero-order valence-corrected chi connectivity index (χ0v) is 23.0. The van der Waals surface area contributed by atoms with Gasteiger partial charge in [0.1, 0.15) is 11.5 Å². The smallest absolute Gasteiger partial charge is 0.108 e. The Labute approximate surface area is 239 Å².